The average Bonchev–Trinajstić information content (AvgIpc) is 2.51. The molecule has 2 heterocycles. The molecule has 2 rings (SSSR count). The highest BCUT2D eigenvalue weighted by molar-refractivity contribution is 6.03. The van der Waals surface area contributed by atoms with E-state index in [1.165, 1.54) is 11.9 Å². The second-order valence-corrected chi connectivity index (χ2v) is 5.61. The minimum absolute atomic E-state index is 0.00891. The summed E-state index contributed by atoms with van der Waals surface area (Å²) in [6.45, 7) is 3.55. The molecule has 24 heavy (non-hydrogen) atoms. The number of carbonyl (C=O) groups excluding carboxylic acids is 1. The van der Waals surface area contributed by atoms with Crippen LogP contribution >= 0.6 is 0 Å². The molecule has 1 fully saturated rings. The number of aromatic nitrogens is 1. The number of carbonyl (C=O) groups is 2. The quantitative estimate of drug-likeness (QED) is 0.807. The van der Waals surface area contributed by atoms with Gasteiger partial charge in [-0.1, -0.05) is 18.1 Å². The van der Waals surface area contributed by atoms with E-state index in [4.69, 9.17) is 5.11 Å². The Kier molecular flexibility index (Phi) is 4.99. The molecule has 0 aromatic carbocycles. The third-order valence-electron chi connectivity index (χ3n) is 3.48. The summed E-state index contributed by atoms with van der Waals surface area (Å²) in [4.78, 5) is 31.6. The second-order valence-electron chi connectivity index (χ2n) is 5.61. The number of aliphatic imine (C=N–C) groups is 1. The summed E-state index contributed by atoms with van der Waals surface area (Å²) in [6, 6.07) is 1.88. The Balaban J connectivity index is 2.26. The Labute approximate surface area is 140 Å². The highest BCUT2D eigenvalue weighted by Crippen LogP contribution is 2.20. The Hall–Kier alpha value is -3.14. The van der Waals surface area contributed by atoms with E-state index in [1.54, 1.807) is 32.3 Å². The fraction of sp³-hybridized carbons (Fsp3) is 0.294. The summed E-state index contributed by atoms with van der Waals surface area (Å²) < 4.78 is 0. The smallest absolute Gasteiger partial charge is 0.434 e. The molecule has 1 aromatic rings. The van der Waals surface area contributed by atoms with Crippen molar-refractivity contribution in [2.45, 2.75) is 25.8 Å². The van der Waals surface area contributed by atoms with Crippen molar-refractivity contribution in [2.24, 2.45) is 4.99 Å². The standard InChI is InChI=1S/C17H18N4O3/c1-4-5-12-8-13(11-18-10-12)6-7-17(2)9-14(22)21(3)15(20-17)19-16(23)24/h6-8,10-11H,9H2,1-3H3,(H,19,20)(H,23,24)/b7-6+/t17-/m1/s1. The SMILES string of the molecule is CC#Cc1cncc(/C=C/[C@]2(C)CC(=O)N(C)C(=NC(=O)O)N2)c1. The van der Waals surface area contributed by atoms with Crippen LogP contribution in [0.5, 0.6) is 0 Å². The van der Waals surface area contributed by atoms with E-state index >= 15 is 0 Å². The molecule has 1 aliphatic rings. The topological polar surface area (TPSA) is 94.9 Å². The normalized spacial score (nSPS) is 22.2. The number of amides is 2. The number of nitrogens with one attached hydrogen (secondary N) is 1. The zero-order valence-corrected chi connectivity index (χ0v) is 13.7. The largest absolute Gasteiger partial charge is 0.463 e. The van der Waals surface area contributed by atoms with Crippen LogP contribution in [-0.2, 0) is 4.79 Å². The summed E-state index contributed by atoms with van der Waals surface area (Å²) in [5, 5.41) is 11.8. The summed E-state index contributed by atoms with van der Waals surface area (Å²) in [7, 11) is 1.48. The number of pyridine rings is 1. The fourth-order valence-corrected chi connectivity index (χ4v) is 2.27. The molecule has 0 saturated carbocycles. The minimum atomic E-state index is -1.36. The van der Waals surface area contributed by atoms with Crippen LogP contribution in [0.3, 0.4) is 0 Å². The van der Waals surface area contributed by atoms with Gasteiger partial charge in [-0.05, 0) is 25.5 Å². The monoisotopic (exact) mass is 326 g/mol. The van der Waals surface area contributed by atoms with Gasteiger partial charge in [0.1, 0.15) is 0 Å². The third-order valence-corrected chi connectivity index (χ3v) is 3.48. The van der Waals surface area contributed by atoms with Gasteiger partial charge in [0.2, 0.25) is 11.9 Å². The molecule has 124 valence electrons. The van der Waals surface area contributed by atoms with E-state index in [1.807, 2.05) is 12.1 Å². The van der Waals surface area contributed by atoms with Crippen molar-refractivity contribution in [1.82, 2.24) is 15.2 Å². The molecule has 2 amide bonds. The van der Waals surface area contributed by atoms with Gasteiger partial charge in [0, 0.05) is 25.0 Å². The van der Waals surface area contributed by atoms with Crippen molar-refractivity contribution < 1.29 is 14.7 Å². The molecule has 0 radical (unpaired) electrons. The summed E-state index contributed by atoms with van der Waals surface area (Å²) in [5.41, 5.74) is 0.886. The zero-order chi connectivity index (χ0) is 17.7. The van der Waals surface area contributed by atoms with E-state index in [9.17, 15) is 9.59 Å². The van der Waals surface area contributed by atoms with Gasteiger partial charge in [-0.25, -0.2) is 4.79 Å². The fourth-order valence-electron chi connectivity index (χ4n) is 2.27. The van der Waals surface area contributed by atoms with E-state index in [2.05, 4.69) is 27.1 Å². The number of nitrogens with zero attached hydrogens (tertiary/aromatic N) is 3. The van der Waals surface area contributed by atoms with Gasteiger partial charge in [0.25, 0.3) is 0 Å². The van der Waals surface area contributed by atoms with Crippen molar-refractivity contribution in [3.8, 4) is 11.8 Å². The third kappa shape index (κ3) is 4.20. The summed E-state index contributed by atoms with van der Waals surface area (Å²) in [5.74, 6) is 5.53. The van der Waals surface area contributed by atoms with E-state index in [0.717, 1.165) is 11.1 Å². The first kappa shape index (κ1) is 17.2. The van der Waals surface area contributed by atoms with E-state index in [-0.39, 0.29) is 18.3 Å². The predicted octanol–water partition coefficient (Wildman–Crippen LogP) is 1.71. The molecular weight excluding hydrogens is 308 g/mol. The minimum Gasteiger partial charge on any atom is -0.463 e. The molecule has 1 aliphatic heterocycles. The Bertz CT molecular complexity index is 789. The lowest BCUT2D eigenvalue weighted by molar-refractivity contribution is -0.128. The summed E-state index contributed by atoms with van der Waals surface area (Å²) >= 11 is 0. The lowest BCUT2D eigenvalue weighted by Crippen LogP contribution is -2.59. The highest BCUT2D eigenvalue weighted by Gasteiger charge is 2.35. The van der Waals surface area contributed by atoms with Gasteiger partial charge in [-0.15, -0.1) is 10.9 Å². The molecule has 2 N–H and O–H groups in total. The maximum Gasteiger partial charge on any atom is 0.434 e. The van der Waals surface area contributed by atoms with Crippen LogP contribution in [0.1, 0.15) is 31.4 Å². The van der Waals surface area contributed by atoms with Gasteiger partial charge in [-0.3, -0.25) is 14.7 Å². The van der Waals surface area contributed by atoms with Gasteiger partial charge >= 0.3 is 6.09 Å². The van der Waals surface area contributed by atoms with Crippen LogP contribution in [0.2, 0.25) is 0 Å². The predicted molar refractivity (Wildman–Crippen MR) is 90.2 cm³/mol. The molecule has 0 unspecified atom stereocenters. The Morgan fingerprint density at radius 1 is 1.54 bits per heavy atom. The summed E-state index contributed by atoms with van der Waals surface area (Å²) in [6.07, 6.45) is 5.79. The maximum absolute atomic E-state index is 12.1. The van der Waals surface area contributed by atoms with E-state index < -0.39 is 11.6 Å². The first-order chi connectivity index (χ1) is 11.3. The number of hydrogen-bond acceptors (Lipinski definition) is 3. The number of guanidine groups is 1. The lowest BCUT2D eigenvalue weighted by Gasteiger charge is -2.37. The van der Waals surface area contributed by atoms with Gasteiger partial charge in [0.15, 0.2) is 0 Å². The van der Waals surface area contributed by atoms with Gasteiger partial charge in [-0.2, -0.15) is 0 Å². The molecule has 7 nitrogen and oxygen atoms in total. The number of carboxylic acid groups (broad SMARTS) is 1. The van der Waals surface area contributed by atoms with Crippen LogP contribution in [0, 0.1) is 11.8 Å². The molecule has 1 saturated heterocycles. The molecular formula is C17H18N4O3. The van der Waals surface area contributed by atoms with Gasteiger partial charge in [0.05, 0.1) is 12.0 Å². The first-order valence-corrected chi connectivity index (χ1v) is 7.26. The van der Waals surface area contributed by atoms with Crippen LogP contribution in [0.25, 0.3) is 6.08 Å². The van der Waals surface area contributed by atoms with Crippen molar-refractivity contribution in [2.75, 3.05) is 7.05 Å². The van der Waals surface area contributed by atoms with Crippen molar-refractivity contribution in [1.29, 1.82) is 0 Å². The van der Waals surface area contributed by atoms with Crippen LogP contribution < -0.4 is 5.32 Å². The molecule has 0 spiro atoms. The van der Waals surface area contributed by atoms with Crippen molar-refractivity contribution in [3.05, 3.63) is 35.7 Å². The Morgan fingerprint density at radius 2 is 2.29 bits per heavy atom. The average molecular weight is 326 g/mol. The molecule has 1 aromatic heterocycles. The van der Waals surface area contributed by atoms with Crippen LogP contribution in [-0.4, -0.2) is 45.5 Å². The van der Waals surface area contributed by atoms with Crippen LogP contribution in [0.15, 0.2) is 29.5 Å². The van der Waals surface area contributed by atoms with Gasteiger partial charge < -0.3 is 10.4 Å². The zero-order valence-electron chi connectivity index (χ0n) is 13.7. The number of rotatable bonds is 2. The van der Waals surface area contributed by atoms with E-state index in [0.29, 0.717) is 0 Å². The second kappa shape index (κ2) is 6.96. The molecule has 0 bridgehead atoms. The Morgan fingerprint density at radius 3 is 2.96 bits per heavy atom. The molecule has 0 aliphatic carbocycles. The maximum atomic E-state index is 12.1. The molecule has 7 heteroatoms. The first-order valence-electron chi connectivity index (χ1n) is 7.26. The van der Waals surface area contributed by atoms with Crippen molar-refractivity contribution >= 4 is 24.0 Å². The highest BCUT2D eigenvalue weighted by atomic mass is 16.4. The van der Waals surface area contributed by atoms with Crippen molar-refractivity contribution in [3.63, 3.8) is 0 Å². The lowest BCUT2D eigenvalue weighted by atomic mass is 9.93. The molecule has 1 atom stereocenters. The number of hydrogen-bond donors (Lipinski definition) is 2. The van der Waals surface area contributed by atoms with Crippen LogP contribution in [0.4, 0.5) is 4.79 Å².